The molecule has 27 heavy (non-hydrogen) atoms. The second kappa shape index (κ2) is 8.50. The summed E-state index contributed by atoms with van der Waals surface area (Å²) in [5.74, 6) is -0.375. The molecule has 0 saturated carbocycles. The molecule has 7 heteroatoms. The van der Waals surface area contributed by atoms with Crippen LogP contribution in [-0.2, 0) is 9.53 Å². The fourth-order valence-corrected chi connectivity index (χ4v) is 2.61. The average molecular weight is 374 g/mol. The Morgan fingerprint density at radius 1 is 1.15 bits per heavy atom. The maximum absolute atomic E-state index is 12.8. The molecule has 0 fully saturated rings. The molecule has 0 aliphatic carbocycles. The predicted molar refractivity (Wildman–Crippen MR) is 105 cm³/mol. The molecule has 0 spiro atoms. The van der Waals surface area contributed by atoms with Gasteiger partial charge in [-0.1, -0.05) is 27.7 Å². The Morgan fingerprint density at radius 2 is 1.81 bits per heavy atom. The minimum atomic E-state index is -0.873. The molecule has 2 aromatic rings. The van der Waals surface area contributed by atoms with Crippen molar-refractivity contribution in [3.05, 3.63) is 23.5 Å². The highest BCUT2D eigenvalue weighted by Gasteiger charge is 2.23. The lowest BCUT2D eigenvalue weighted by Crippen LogP contribution is -2.37. The van der Waals surface area contributed by atoms with Crippen LogP contribution in [0.3, 0.4) is 0 Å². The largest absolute Gasteiger partial charge is 0.449 e. The van der Waals surface area contributed by atoms with Crippen molar-refractivity contribution in [1.29, 1.82) is 0 Å². The summed E-state index contributed by atoms with van der Waals surface area (Å²) in [6.45, 7) is 14.2. The quantitative estimate of drug-likeness (QED) is 0.750. The third kappa shape index (κ3) is 4.84. The summed E-state index contributed by atoms with van der Waals surface area (Å²) in [6, 6.07) is 1.85. The highest BCUT2D eigenvalue weighted by molar-refractivity contribution is 6.03. The standard InChI is InChI=1S/C20H30N4O3/c1-11(2)9-21-19(25)14(7)27-20(26)15-8-17(12(3)4)23-18-16(15)10-22-24(18)13(5)6/h8,10-14H,9H2,1-7H3,(H,21,25). The molecule has 0 aromatic carbocycles. The molecule has 7 nitrogen and oxygen atoms in total. The van der Waals surface area contributed by atoms with E-state index in [0.29, 0.717) is 29.1 Å². The molecular weight excluding hydrogens is 344 g/mol. The third-order valence-electron chi connectivity index (χ3n) is 4.22. The van der Waals surface area contributed by atoms with Crippen molar-refractivity contribution in [2.24, 2.45) is 5.92 Å². The first kappa shape index (κ1) is 20.9. The molecule has 1 atom stereocenters. The lowest BCUT2D eigenvalue weighted by Gasteiger charge is -2.16. The Morgan fingerprint density at radius 3 is 2.37 bits per heavy atom. The minimum absolute atomic E-state index is 0.113. The summed E-state index contributed by atoms with van der Waals surface area (Å²) >= 11 is 0. The Kier molecular flexibility index (Phi) is 6.57. The Balaban J connectivity index is 2.33. The number of nitrogens with zero attached hydrogens (tertiary/aromatic N) is 3. The summed E-state index contributed by atoms with van der Waals surface area (Å²) in [5.41, 5.74) is 1.83. The number of amides is 1. The number of carbonyl (C=O) groups is 2. The number of hydrogen-bond donors (Lipinski definition) is 1. The predicted octanol–water partition coefficient (Wildman–Crippen LogP) is 3.45. The summed E-state index contributed by atoms with van der Waals surface area (Å²) in [4.78, 5) is 29.6. The van der Waals surface area contributed by atoms with Crippen LogP contribution in [0.5, 0.6) is 0 Å². The molecule has 0 aliphatic heterocycles. The molecule has 2 rings (SSSR count). The molecule has 1 unspecified atom stereocenters. The van der Waals surface area contributed by atoms with Crippen molar-refractivity contribution in [2.45, 2.75) is 66.5 Å². The number of carbonyl (C=O) groups excluding carboxylic acids is 2. The van der Waals surface area contributed by atoms with E-state index in [1.807, 2.05) is 41.5 Å². The van der Waals surface area contributed by atoms with Crippen molar-refractivity contribution in [1.82, 2.24) is 20.1 Å². The number of esters is 1. The van der Waals surface area contributed by atoms with E-state index in [0.717, 1.165) is 5.69 Å². The van der Waals surface area contributed by atoms with Gasteiger partial charge in [-0.3, -0.25) is 4.79 Å². The normalized spacial score (nSPS) is 12.8. The maximum atomic E-state index is 12.8. The SMILES string of the molecule is CC(C)CNC(=O)C(C)OC(=O)c1cc(C(C)C)nc2c1cnn2C(C)C. The van der Waals surface area contributed by atoms with Gasteiger partial charge in [0.1, 0.15) is 0 Å². The summed E-state index contributed by atoms with van der Waals surface area (Å²) in [6.07, 6.45) is 0.758. The molecule has 0 saturated heterocycles. The fraction of sp³-hybridized carbons (Fsp3) is 0.600. The monoisotopic (exact) mass is 374 g/mol. The molecular formula is C20H30N4O3. The average Bonchev–Trinajstić information content (AvgIpc) is 3.02. The van der Waals surface area contributed by atoms with Crippen molar-refractivity contribution < 1.29 is 14.3 Å². The van der Waals surface area contributed by atoms with Crippen molar-refractivity contribution in [3.63, 3.8) is 0 Å². The van der Waals surface area contributed by atoms with Gasteiger partial charge < -0.3 is 10.1 Å². The van der Waals surface area contributed by atoms with Gasteiger partial charge in [-0.05, 0) is 38.7 Å². The molecule has 2 heterocycles. The zero-order chi connectivity index (χ0) is 20.3. The lowest BCUT2D eigenvalue weighted by atomic mass is 10.1. The van der Waals surface area contributed by atoms with E-state index in [1.54, 1.807) is 23.9 Å². The first-order valence-corrected chi connectivity index (χ1v) is 9.48. The van der Waals surface area contributed by atoms with Gasteiger partial charge in [-0.25, -0.2) is 14.5 Å². The topological polar surface area (TPSA) is 86.1 Å². The van der Waals surface area contributed by atoms with Crippen LogP contribution in [0.4, 0.5) is 0 Å². The number of fused-ring (bicyclic) bond motifs is 1. The molecule has 2 aromatic heterocycles. The van der Waals surface area contributed by atoms with Gasteiger partial charge in [0.2, 0.25) is 0 Å². The van der Waals surface area contributed by atoms with Gasteiger partial charge in [0.25, 0.3) is 5.91 Å². The number of aromatic nitrogens is 3. The van der Waals surface area contributed by atoms with E-state index in [-0.39, 0.29) is 17.9 Å². The lowest BCUT2D eigenvalue weighted by molar-refractivity contribution is -0.129. The summed E-state index contributed by atoms with van der Waals surface area (Å²) in [5, 5.41) is 7.78. The van der Waals surface area contributed by atoms with E-state index in [9.17, 15) is 9.59 Å². The third-order valence-corrected chi connectivity index (χ3v) is 4.22. The minimum Gasteiger partial charge on any atom is -0.449 e. The smallest absolute Gasteiger partial charge is 0.339 e. The molecule has 1 amide bonds. The molecule has 0 aliphatic rings. The van der Waals surface area contributed by atoms with Crippen molar-refractivity contribution in [3.8, 4) is 0 Å². The van der Waals surface area contributed by atoms with E-state index >= 15 is 0 Å². The van der Waals surface area contributed by atoms with Crippen LogP contribution in [-0.4, -0.2) is 39.3 Å². The van der Waals surface area contributed by atoms with Crippen LogP contribution < -0.4 is 5.32 Å². The molecule has 148 valence electrons. The summed E-state index contributed by atoms with van der Waals surface area (Å²) < 4.78 is 7.22. The highest BCUT2D eigenvalue weighted by Crippen LogP contribution is 2.25. The number of rotatable bonds is 7. The van der Waals surface area contributed by atoms with Crippen LogP contribution >= 0.6 is 0 Å². The summed E-state index contributed by atoms with van der Waals surface area (Å²) in [7, 11) is 0. The number of ether oxygens (including phenoxy) is 1. The van der Waals surface area contributed by atoms with Crippen LogP contribution in [0.15, 0.2) is 12.3 Å². The van der Waals surface area contributed by atoms with Crippen LogP contribution in [0, 0.1) is 5.92 Å². The number of nitrogens with one attached hydrogen (secondary N) is 1. The fourth-order valence-electron chi connectivity index (χ4n) is 2.61. The van der Waals surface area contributed by atoms with E-state index < -0.39 is 12.1 Å². The first-order chi connectivity index (χ1) is 12.6. The second-order valence-corrected chi connectivity index (χ2v) is 7.86. The number of hydrogen-bond acceptors (Lipinski definition) is 5. The zero-order valence-corrected chi connectivity index (χ0v) is 17.2. The van der Waals surface area contributed by atoms with E-state index in [1.165, 1.54) is 0 Å². The van der Waals surface area contributed by atoms with E-state index in [4.69, 9.17) is 4.74 Å². The van der Waals surface area contributed by atoms with Crippen LogP contribution in [0.1, 0.15) is 76.5 Å². The van der Waals surface area contributed by atoms with Crippen LogP contribution in [0.2, 0.25) is 0 Å². The van der Waals surface area contributed by atoms with Gasteiger partial charge in [0, 0.05) is 18.3 Å². The van der Waals surface area contributed by atoms with Gasteiger partial charge in [0.05, 0.1) is 17.1 Å². The Bertz CT molecular complexity index is 824. The van der Waals surface area contributed by atoms with E-state index in [2.05, 4.69) is 15.4 Å². The maximum Gasteiger partial charge on any atom is 0.339 e. The van der Waals surface area contributed by atoms with Gasteiger partial charge >= 0.3 is 5.97 Å². The highest BCUT2D eigenvalue weighted by atomic mass is 16.5. The number of pyridine rings is 1. The zero-order valence-electron chi connectivity index (χ0n) is 17.2. The second-order valence-electron chi connectivity index (χ2n) is 7.86. The van der Waals surface area contributed by atoms with Gasteiger partial charge in [-0.2, -0.15) is 5.10 Å². The first-order valence-electron chi connectivity index (χ1n) is 9.48. The van der Waals surface area contributed by atoms with Gasteiger partial charge in [-0.15, -0.1) is 0 Å². The Hall–Kier alpha value is -2.44. The van der Waals surface area contributed by atoms with Crippen molar-refractivity contribution >= 4 is 22.9 Å². The molecule has 0 radical (unpaired) electrons. The molecule has 0 bridgehead atoms. The van der Waals surface area contributed by atoms with Crippen LogP contribution in [0.25, 0.3) is 11.0 Å². The van der Waals surface area contributed by atoms with Gasteiger partial charge in [0.15, 0.2) is 11.8 Å². The van der Waals surface area contributed by atoms with Crippen molar-refractivity contribution in [2.75, 3.05) is 6.54 Å². The Labute approximate surface area is 160 Å². The molecule has 1 N–H and O–H groups in total.